The predicted molar refractivity (Wildman–Crippen MR) is 116 cm³/mol. The van der Waals surface area contributed by atoms with Gasteiger partial charge in [-0.1, -0.05) is 91.0 Å². The Labute approximate surface area is 182 Å². The van der Waals surface area contributed by atoms with Crippen molar-refractivity contribution in [1.82, 2.24) is 0 Å². The Balaban J connectivity index is 1.40. The van der Waals surface area contributed by atoms with Crippen LogP contribution in [-0.2, 0) is 43.6 Å². The highest BCUT2D eigenvalue weighted by molar-refractivity contribution is 5.78. The first kappa shape index (κ1) is 21.2. The number of hydrogen-bond donors (Lipinski definition) is 0. The summed E-state index contributed by atoms with van der Waals surface area (Å²) < 4.78 is 23.5. The van der Waals surface area contributed by atoms with Crippen LogP contribution < -0.4 is 0 Å². The molecule has 1 heterocycles. The van der Waals surface area contributed by atoms with E-state index in [1.807, 2.05) is 91.0 Å². The summed E-state index contributed by atoms with van der Waals surface area (Å²) in [7, 11) is 0. The molecule has 0 aromatic heterocycles. The fourth-order valence-electron chi connectivity index (χ4n) is 3.49. The van der Waals surface area contributed by atoms with E-state index in [4.69, 9.17) is 18.9 Å². The van der Waals surface area contributed by atoms with E-state index in [0.29, 0.717) is 19.8 Å². The first-order valence-electron chi connectivity index (χ1n) is 10.4. The fraction of sp³-hybridized carbons (Fsp3) is 0.269. The summed E-state index contributed by atoms with van der Waals surface area (Å²) in [5.74, 6) is -0.415. The van der Waals surface area contributed by atoms with Crippen LogP contribution in [0.3, 0.4) is 0 Å². The highest BCUT2D eigenvalue weighted by atomic mass is 16.6. The third kappa shape index (κ3) is 6.01. The van der Waals surface area contributed by atoms with Gasteiger partial charge in [0.1, 0.15) is 6.10 Å². The molecular formula is C26H26O5. The van der Waals surface area contributed by atoms with Crippen LogP contribution in [-0.4, -0.2) is 30.9 Å². The van der Waals surface area contributed by atoms with Gasteiger partial charge in [-0.25, -0.2) is 4.79 Å². The molecule has 1 aliphatic heterocycles. The van der Waals surface area contributed by atoms with Crippen LogP contribution >= 0.6 is 0 Å². The van der Waals surface area contributed by atoms with Gasteiger partial charge in [-0.2, -0.15) is 0 Å². The summed E-state index contributed by atoms with van der Waals surface area (Å²) in [6, 6.07) is 29.5. The van der Waals surface area contributed by atoms with Crippen molar-refractivity contribution in [2.45, 2.75) is 38.1 Å². The first-order valence-corrected chi connectivity index (χ1v) is 10.4. The second kappa shape index (κ2) is 10.9. The topological polar surface area (TPSA) is 54.0 Å². The maximum Gasteiger partial charge on any atom is 0.338 e. The molecule has 0 N–H and O–H groups in total. The van der Waals surface area contributed by atoms with Crippen molar-refractivity contribution in [1.29, 1.82) is 0 Å². The maximum atomic E-state index is 12.6. The zero-order valence-corrected chi connectivity index (χ0v) is 17.3. The van der Waals surface area contributed by atoms with Crippen molar-refractivity contribution in [3.05, 3.63) is 108 Å². The molecule has 5 heteroatoms. The summed E-state index contributed by atoms with van der Waals surface area (Å²) in [5.41, 5.74) is 3.07. The molecule has 1 fully saturated rings. The molecule has 3 atom stereocenters. The number of ether oxygens (including phenoxy) is 4. The van der Waals surface area contributed by atoms with Crippen molar-refractivity contribution >= 4 is 5.97 Å². The van der Waals surface area contributed by atoms with Crippen molar-refractivity contribution in [2.75, 3.05) is 6.61 Å². The van der Waals surface area contributed by atoms with E-state index >= 15 is 0 Å². The lowest BCUT2D eigenvalue weighted by molar-refractivity contribution is -0.152. The molecule has 0 aliphatic carbocycles. The Bertz CT molecular complexity index is 930. The van der Waals surface area contributed by atoms with Crippen LogP contribution in [0.15, 0.2) is 91.0 Å². The summed E-state index contributed by atoms with van der Waals surface area (Å²) in [5, 5.41) is 0. The highest BCUT2D eigenvalue weighted by Crippen LogP contribution is 2.25. The lowest BCUT2D eigenvalue weighted by Crippen LogP contribution is -2.38. The Morgan fingerprint density at radius 1 is 0.645 bits per heavy atom. The molecule has 3 aromatic carbocycles. The number of carbonyl (C=O) groups is 1. The van der Waals surface area contributed by atoms with E-state index in [-0.39, 0.29) is 6.61 Å². The normalized spacial score (nSPS) is 20.5. The summed E-state index contributed by atoms with van der Waals surface area (Å²) in [4.78, 5) is 12.6. The van der Waals surface area contributed by atoms with Crippen LogP contribution in [0, 0.1) is 0 Å². The lowest BCUT2D eigenvalue weighted by Gasteiger charge is -2.22. The summed E-state index contributed by atoms with van der Waals surface area (Å²) in [6.45, 7) is 1.35. The Morgan fingerprint density at radius 3 is 1.68 bits per heavy atom. The zero-order valence-electron chi connectivity index (χ0n) is 17.3. The second-order valence-corrected chi connectivity index (χ2v) is 7.45. The van der Waals surface area contributed by atoms with Crippen molar-refractivity contribution in [3.63, 3.8) is 0 Å². The van der Waals surface area contributed by atoms with E-state index in [1.165, 1.54) is 0 Å². The minimum absolute atomic E-state index is 0.241. The molecule has 0 amide bonds. The molecular weight excluding hydrogens is 392 g/mol. The van der Waals surface area contributed by atoms with Crippen molar-refractivity contribution in [2.24, 2.45) is 0 Å². The maximum absolute atomic E-state index is 12.6. The molecule has 0 saturated carbocycles. The number of carbonyl (C=O) groups excluding carboxylic acids is 1. The summed E-state index contributed by atoms with van der Waals surface area (Å²) >= 11 is 0. The Morgan fingerprint density at radius 2 is 1.13 bits per heavy atom. The molecule has 0 unspecified atom stereocenters. The quantitative estimate of drug-likeness (QED) is 0.460. The van der Waals surface area contributed by atoms with E-state index in [2.05, 4.69) is 0 Å². The molecule has 4 rings (SSSR count). The van der Waals surface area contributed by atoms with Gasteiger partial charge in [0, 0.05) is 0 Å². The van der Waals surface area contributed by atoms with Crippen LogP contribution in [0.4, 0.5) is 0 Å². The Kier molecular flexibility index (Phi) is 7.45. The average Bonchev–Trinajstić information content (AvgIpc) is 3.12. The van der Waals surface area contributed by atoms with Crippen molar-refractivity contribution < 1.29 is 23.7 Å². The van der Waals surface area contributed by atoms with E-state index in [0.717, 1.165) is 16.7 Å². The lowest BCUT2D eigenvalue weighted by atomic mass is 10.1. The van der Waals surface area contributed by atoms with Gasteiger partial charge in [-0.3, -0.25) is 0 Å². The third-order valence-corrected chi connectivity index (χ3v) is 5.12. The number of hydrogen-bond acceptors (Lipinski definition) is 5. The standard InChI is InChI=1S/C26H26O5/c27-26-25(30-18-22-14-8-3-9-15-22)24(29-17-21-12-6-2-7-13-21)23(31-26)19-28-16-20-10-4-1-5-11-20/h1-15,23-25H,16-19H2/t23-,24-,25-/m0/s1. The van der Waals surface area contributed by atoms with E-state index < -0.39 is 24.3 Å². The van der Waals surface area contributed by atoms with Gasteiger partial charge < -0.3 is 18.9 Å². The van der Waals surface area contributed by atoms with Gasteiger partial charge in [-0.15, -0.1) is 0 Å². The molecule has 1 aliphatic rings. The molecule has 0 bridgehead atoms. The van der Waals surface area contributed by atoms with Crippen molar-refractivity contribution in [3.8, 4) is 0 Å². The van der Waals surface area contributed by atoms with Gasteiger partial charge >= 0.3 is 5.97 Å². The average molecular weight is 418 g/mol. The minimum Gasteiger partial charge on any atom is -0.455 e. The van der Waals surface area contributed by atoms with Crippen LogP contribution in [0.25, 0.3) is 0 Å². The smallest absolute Gasteiger partial charge is 0.338 e. The van der Waals surface area contributed by atoms with Gasteiger partial charge in [0.15, 0.2) is 12.2 Å². The largest absolute Gasteiger partial charge is 0.455 e. The molecule has 1 saturated heterocycles. The third-order valence-electron chi connectivity index (χ3n) is 5.12. The van der Waals surface area contributed by atoms with E-state index in [9.17, 15) is 4.79 Å². The van der Waals surface area contributed by atoms with Gasteiger partial charge in [0.2, 0.25) is 0 Å². The van der Waals surface area contributed by atoms with Gasteiger partial charge in [-0.05, 0) is 16.7 Å². The Hall–Kier alpha value is -2.99. The molecule has 3 aromatic rings. The zero-order chi connectivity index (χ0) is 21.3. The highest BCUT2D eigenvalue weighted by Gasteiger charge is 2.46. The van der Waals surface area contributed by atoms with E-state index in [1.54, 1.807) is 0 Å². The van der Waals surface area contributed by atoms with Gasteiger partial charge in [0.05, 0.1) is 26.4 Å². The molecule has 31 heavy (non-hydrogen) atoms. The number of cyclic esters (lactones) is 1. The number of esters is 1. The predicted octanol–water partition coefficient (Wildman–Crippen LogP) is 4.30. The van der Waals surface area contributed by atoms with Crippen LogP contribution in [0.2, 0.25) is 0 Å². The molecule has 160 valence electrons. The monoisotopic (exact) mass is 418 g/mol. The SMILES string of the molecule is O=C1O[C@@H](COCc2ccccc2)[C@H](OCc2ccccc2)[C@@H]1OCc1ccccc1. The summed E-state index contributed by atoms with van der Waals surface area (Å²) in [6.07, 6.45) is -1.87. The van der Waals surface area contributed by atoms with Crippen LogP contribution in [0.1, 0.15) is 16.7 Å². The first-order chi connectivity index (χ1) is 15.3. The fourth-order valence-corrected chi connectivity index (χ4v) is 3.49. The van der Waals surface area contributed by atoms with Crippen LogP contribution in [0.5, 0.6) is 0 Å². The molecule has 5 nitrogen and oxygen atoms in total. The second-order valence-electron chi connectivity index (χ2n) is 7.45. The minimum atomic E-state index is -0.797. The molecule has 0 radical (unpaired) electrons. The van der Waals surface area contributed by atoms with Gasteiger partial charge in [0.25, 0.3) is 0 Å². The number of rotatable bonds is 10. The molecule has 0 spiro atoms. The number of benzene rings is 3.